The number of hydrogen-bond acceptors (Lipinski definition) is 3. The first-order valence-corrected chi connectivity index (χ1v) is 8.17. The van der Waals surface area contributed by atoms with Crippen molar-refractivity contribution in [1.82, 2.24) is 5.32 Å². The summed E-state index contributed by atoms with van der Waals surface area (Å²) in [5.41, 5.74) is 2.50. The summed E-state index contributed by atoms with van der Waals surface area (Å²) in [6.45, 7) is 12.1. The molecular weight excluding hydrogens is 284 g/mol. The molecule has 2 rings (SSSR count). The van der Waals surface area contributed by atoms with Gasteiger partial charge in [-0.2, -0.15) is 0 Å². The maximum atomic E-state index is 6.45. The van der Waals surface area contributed by atoms with Crippen LogP contribution in [-0.2, 0) is 11.3 Å². The lowest BCUT2D eigenvalue weighted by Crippen LogP contribution is -2.43. The minimum Gasteiger partial charge on any atom is -0.375 e. The van der Waals surface area contributed by atoms with Gasteiger partial charge in [-0.05, 0) is 39.3 Å². The highest BCUT2D eigenvalue weighted by atomic mass is 35.5. The summed E-state index contributed by atoms with van der Waals surface area (Å²) in [6, 6.07) is 6.18. The van der Waals surface area contributed by atoms with E-state index in [0.29, 0.717) is 6.10 Å². The summed E-state index contributed by atoms with van der Waals surface area (Å²) in [4.78, 5) is 2.41. The van der Waals surface area contributed by atoms with Crippen LogP contribution in [0.25, 0.3) is 0 Å². The molecule has 3 nitrogen and oxygen atoms in total. The SMILES string of the molecule is CCC1CN(c2cccc(Cl)c2CNC(C)(C)C)CCO1. The number of anilines is 1. The van der Waals surface area contributed by atoms with Crippen molar-refractivity contribution in [3.63, 3.8) is 0 Å². The Kier molecular flexibility index (Phi) is 5.53. The van der Waals surface area contributed by atoms with Gasteiger partial charge in [-0.3, -0.25) is 0 Å². The molecule has 1 aromatic carbocycles. The molecule has 0 spiro atoms. The molecule has 4 heteroatoms. The van der Waals surface area contributed by atoms with Gasteiger partial charge in [0.1, 0.15) is 0 Å². The average Bonchev–Trinajstić information content (AvgIpc) is 2.45. The smallest absolute Gasteiger partial charge is 0.0748 e. The van der Waals surface area contributed by atoms with E-state index in [1.54, 1.807) is 0 Å². The largest absolute Gasteiger partial charge is 0.375 e. The fraction of sp³-hybridized carbons (Fsp3) is 0.647. The molecule has 1 aliphatic rings. The Hall–Kier alpha value is -0.770. The Labute approximate surface area is 133 Å². The van der Waals surface area contributed by atoms with Crippen molar-refractivity contribution in [2.24, 2.45) is 0 Å². The molecule has 1 heterocycles. The van der Waals surface area contributed by atoms with Crippen LogP contribution in [0, 0.1) is 0 Å². The van der Waals surface area contributed by atoms with Crippen LogP contribution in [0.3, 0.4) is 0 Å². The molecule has 0 saturated carbocycles. The van der Waals surface area contributed by atoms with Gasteiger partial charge in [0.05, 0.1) is 12.7 Å². The second-order valence-corrected chi connectivity index (χ2v) is 7.10. The summed E-state index contributed by atoms with van der Waals surface area (Å²) in [5.74, 6) is 0. The Bertz CT molecular complexity index is 470. The summed E-state index contributed by atoms with van der Waals surface area (Å²) >= 11 is 6.45. The number of hydrogen-bond donors (Lipinski definition) is 1. The molecule has 0 aromatic heterocycles. The topological polar surface area (TPSA) is 24.5 Å². The molecule has 0 radical (unpaired) electrons. The van der Waals surface area contributed by atoms with Gasteiger partial charge in [0.25, 0.3) is 0 Å². The number of nitrogens with one attached hydrogen (secondary N) is 1. The maximum absolute atomic E-state index is 6.45. The number of halogens is 1. The van der Waals surface area contributed by atoms with E-state index in [4.69, 9.17) is 16.3 Å². The first-order valence-electron chi connectivity index (χ1n) is 7.79. The molecule has 1 atom stereocenters. The Morgan fingerprint density at radius 3 is 2.81 bits per heavy atom. The molecule has 1 fully saturated rings. The zero-order chi connectivity index (χ0) is 15.5. The van der Waals surface area contributed by atoms with Gasteiger partial charge in [0.15, 0.2) is 0 Å². The van der Waals surface area contributed by atoms with E-state index < -0.39 is 0 Å². The number of morpholine rings is 1. The van der Waals surface area contributed by atoms with Crippen LogP contribution >= 0.6 is 11.6 Å². The summed E-state index contributed by atoms with van der Waals surface area (Å²) < 4.78 is 5.77. The number of rotatable bonds is 4. The average molecular weight is 311 g/mol. The van der Waals surface area contributed by atoms with Crippen molar-refractivity contribution < 1.29 is 4.74 Å². The lowest BCUT2D eigenvalue weighted by molar-refractivity contribution is 0.0384. The molecule has 1 saturated heterocycles. The van der Waals surface area contributed by atoms with Gasteiger partial charge in [0.2, 0.25) is 0 Å². The Morgan fingerprint density at radius 2 is 2.14 bits per heavy atom. The monoisotopic (exact) mass is 310 g/mol. The van der Waals surface area contributed by atoms with Crippen molar-refractivity contribution in [3.05, 3.63) is 28.8 Å². The molecule has 1 unspecified atom stereocenters. The maximum Gasteiger partial charge on any atom is 0.0748 e. The molecule has 0 bridgehead atoms. The lowest BCUT2D eigenvalue weighted by Gasteiger charge is -2.36. The minimum absolute atomic E-state index is 0.0768. The van der Waals surface area contributed by atoms with Crippen molar-refractivity contribution in [1.29, 1.82) is 0 Å². The normalized spacial score (nSPS) is 19.9. The van der Waals surface area contributed by atoms with Gasteiger partial charge < -0.3 is 15.0 Å². The second-order valence-electron chi connectivity index (χ2n) is 6.69. The fourth-order valence-corrected chi connectivity index (χ4v) is 2.79. The van der Waals surface area contributed by atoms with E-state index in [9.17, 15) is 0 Å². The lowest BCUT2D eigenvalue weighted by atomic mass is 10.1. The van der Waals surface area contributed by atoms with Crippen LogP contribution in [0.4, 0.5) is 5.69 Å². The van der Waals surface area contributed by atoms with Crippen LogP contribution in [0.15, 0.2) is 18.2 Å². The van der Waals surface area contributed by atoms with E-state index in [2.05, 4.69) is 44.0 Å². The van der Waals surface area contributed by atoms with E-state index >= 15 is 0 Å². The van der Waals surface area contributed by atoms with E-state index in [1.165, 1.54) is 11.3 Å². The second kappa shape index (κ2) is 6.99. The highest BCUT2D eigenvalue weighted by molar-refractivity contribution is 6.31. The molecule has 1 N–H and O–H groups in total. The van der Waals surface area contributed by atoms with Crippen LogP contribution in [0.2, 0.25) is 5.02 Å². The Morgan fingerprint density at radius 1 is 1.38 bits per heavy atom. The summed E-state index contributed by atoms with van der Waals surface area (Å²) in [6.07, 6.45) is 1.37. The van der Waals surface area contributed by atoms with Crippen molar-refractivity contribution in [2.75, 3.05) is 24.6 Å². The van der Waals surface area contributed by atoms with Crippen molar-refractivity contribution in [2.45, 2.75) is 52.3 Å². The van der Waals surface area contributed by atoms with E-state index in [-0.39, 0.29) is 5.54 Å². The first kappa shape index (κ1) is 16.6. The number of nitrogens with zero attached hydrogens (tertiary/aromatic N) is 1. The highest BCUT2D eigenvalue weighted by Gasteiger charge is 2.22. The van der Waals surface area contributed by atoms with Crippen molar-refractivity contribution in [3.8, 4) is 0 Å². The zero-order valence-electron chi connectivity index (χ0n) is 13.6. The minimum atomic E-state index is 0.0768. The standard InChI is InChI=1S/C17H27ClN2O/c1-5-13-12-20(9-10-21-13)16-8-6-7-15(18)14(16)11-19-17(2,3)4/h6-8,13,19H,5,9-12H2,1-4H3. The quantitative estimate of drug-likeness (QED) is 0.914. The van der Waals surface area contributed by atoms with E-state index in [0.717, 1.165) is 37.7 Å². The summed E-state index contributed by atoms with van der Waals surface area (Å²) in [7, 11) is 0. The predicted molar refractivity (Wildman–Crippen MR) is 90.3 cm³/mol. The van der Waals surface area contributed by atoms with Gasteiger partial charge in [-0.1, -0.05) is 24.6 Å². The van der Waals surface area contributed by atoms with Gasteiger partial charge >= 0.3 is 0 Å². The summed E-state index contributed by atoms with van der Waals surface area (Å²) in [5, 5.41) is 4.38. The third-order valence-corrected chi connectivity index (χ3v) is 4.18. The Balaban J connectivity index is 2.20. The number of benzene rings is 1. The van der Waals surface area contributed by atoms with Crippen LogP contribution in [0.1, 0.15) is 39.7 Å². The molecule has 1 aromatic rings. The third kappa shape index (κ3) is 4.60. The van der Waals surface area contributed by atoms with Crippen molar-refractivity contribution >= 4 is 17.3 Å². The third-order valence-electron chi connectivity index (χ3n) is 3.82. The van der Waals surface area contributed by atoms with Crippen LogP contribution in [0.5, 0.6) is 0 Å². The van der Waals surface area contributed by atoms with E-state index in [1.807, 2.05) is 12.1 Å². The first-order chi connectivity index (χ1) is 9.90. The zero-order valence-corrected chi connectivity index (χ0v) is 14.3. The molecule has 21 heavy (non-hydrogen) atoms. The highest BCUT2D eigenvalue weighted by Crippen LogP contribution is 2.29. The van der Waals surface area contributed by atoms with Gasteiger partial charge in [-0.15, -0.1) is 0 Å². The van der Waals surface area contributed by atoms with Crippen LogP contribution in [-0.4, -0.2) is 31.3 Å². The van der Waals surface area contributed by atoms with Crippen LogP contribution < -0.4 is 10.2 Å². The molecular formula is C17H27ClN2O. The molecule has 1 aliphatic heterocycles. The number of ether oxygens (including phenoxy) is 1. The predicted octanol–water partition coefficient (Wildman–Crippen LogP) is 3.84. The molecule has 0 amide bonds. The molecule has 0 aliphatic carbocycles. The molecule has 118 valence electrons. The van der Waals surface area contributed by atoms with Gasteiger partial charge in [-0.25, -0.2) is 0 Å². The fourth-order valence-electron chi connectivity index (χ4n) is 2.56. The van der Waals surface area contributed by atoms with Gasteiger partial charge in [0, 0.05) is 41.4 Å².